The quantitative estimate of drug-likeness (QED) is 0.883. The van der Waals surface area contributed by atoms with E-state index in [1.54, 1.807) is 6.92 Å². The van der Waals surface area contributed by atoms with Crippen LogP contribution < -0.4 is 10.6 Å². The molecule has 0 aliphatic rings. The smallest absolute Gasteiger partial charge is 0.224 e. The second kappa shape index (κ2) is 5.63. The van der Waals surface area contributed by atoms with E-state index >= 15 is 0 Å². The Morgan fingerprint density at radius 3 is 2.68 bits per heavy atom. The zero-order valence-corrected chi connectivity index (χ0v) is 12.2. The van der Waals surface area contributed by atoms with Crippen molar-refractivity contribution < 1.29 is 0 Å². The molecule has 0 spiro atoms. The van der Waals surface area contributed by atoms with Crippen molar-refractivity contribution in [2.75, 3.05) is 17.7 Å². The number of aromatic nitrogens is 2. The topological polar surface area (TPSA) is 55.0 Å². The summed E-state index contributed by atoms with van der Waals surface area (Å²) in [6, 6.07) is 7.65. The zero-order chi connectivity index (χ0) is 14.0. The molecule has 2 rings (SSSR count). The zero-order valence-electron chi connectivity index (χ0n) is 10.7. The van der Waals surface area contributed by atoms with E-state index in [1.165, 1.54) is 0 Å². The molecule has 0 bridgehead atoms. The minimum absolute atomic E-state index is 0.194. The predicted octanol–water partition coefficient (Wildman–Crippen LogP) is 3.31. The monoisotopic (exact) mass is 296 g/mol. The summed E-state index contributed by atoms with van der Waals surface area (Å²) in [5.74, 6) is 0.623. The molecule has 19 heavy (non-hydrogen) atoms. The van der Waals surface area contributed by atoms with Gasteiger partial charge in [-0.25, -0.2) is 4.98 Å². The average Bonchev–Trinajstić information content (AvgIpc) is 2.33. The molecular formula is C13H14Cl2N4. The molecule has 4 nitrogen and oxygen atoms in total. The Morgan fingerprint density at radius 2 is 2.00 bits per heavy atom. The fourth-order valence-corrected chi connectivity index (χ4v) is 2.23. The highest BCUT2D eigenvalue weighted by molar-refractivity contribution is 6.30. The van der Waals surface area contributed by atoms with Gasteiger partial charge in [-0.05, 0) is 36.2 Å². The highest BCUT2D eigenvalue weighted by atomic mass is 35.5. The highest BCUT2D eigenvalue weighted by Gasteiger charge is 2.12. The fraction of sp³-hybridized carbons (Fsp3) is 0.231. The van der Waals surface area contributed by atoms with Gasteiger partial charge in [-0.1, -0.05) is 23.7 Å². The maximum Gasteiger partial charge on any atom is 0.224 e. The van der Waals surface area contributed by atoms with Crippen molar-refractivity contribution in [1.29, 1.82) is 0 Å². The Labute approximate surface area is 122 Å². The number of benzene rings is 1. The first-order valence-corrected chi connectivity index (χ1v) is 6.48. The van der Waals surface area contributed by atoms with Gasteiger partial charge in [-0.2, -0.15) is 4.98 Å². The summed E-state index contributed by atoms with van der Waals surface area (Å²) in [5.41, 5.74) is 8.27. The number of anilines is 2. The molecule has 2 aromatic rings. The molecule has 100 valence electrons. The maximum absolute atomic E-state index is 5.98. The molecule has 0 saturated carbocycles. The van der Waals surface area contributed by atoms with Crippen molar-refractivity contribution in [2.24, 2.45) is 0 Å². The number of halogens is 2. The van der Waals surface area contributed by atoms with Crippen LogP contribution in [0.5, 0.6) is 0 Å². The highest BCUT2D eigenvalue weighted by Crippen LogP contribution is 2.25. The summed E-state index contributed by atoms with van der Waals surface area (Å²) in [5, 5.41) is 0.899. The minimum Gasteiger partial charge on any atom is -0.394 e. The van der Waals surface area contributed by atoms with Gasteiger partial charge in [0.25, 0.3) is 0 Å². The molecule has 0 atom stereocenters. The van der Waals surface area contributed by atoms with Crippen molar-refractivity contribution in [3.05, 3.63) is 45.8 Å². The Morgan fingerprint density at radius 1 is 1.26 bits per heavy atom. The number of nitrogen functional groups attached to an aromatic ring is 1. The third kappa shape index (κ3) is 3.28. The van der Waals surface area contributed by atoms with Crippen molar-refractivity contribution in [3.63, 3.8) is 0 Å². The van der Waals surface area contributed by atoms with E-state index in [9.17, 15) is 0 Å². The molecule has 0 radical (unpaired) electrons. The minimum atomic E-state index is 0.194. The number of hydrogen-bond donors (Lipinski definition) is 1. The second-order valence-corrected chi connectivity index (χ2v) is 5.08. The second-order valence-electron chi connectivity index (χ2n) is 4.30. The van der Waals surface area contributed by atoms with Gasteiger partial charge in [-0.15, -0.1) is 0 Å². The van der Waals surface area contributed by atoms with E-state index in [-0.39, 0.29) is 5.28 Å². The molecule has 0 saturated heterocycles. The molecular weight excluding hydrogens is 283 g/mol. The van der Waals surface area contributed by atoms with Crippen LogP contribution in [0, 0.1) is 6.92 Å². The summed E-state index contributed by atoms with van der Waals surface area (Å²) >= 11 is 11.8. The molecule has 1 aromatic carbocycles. The Kier molecular flexibility index (Phi) is 4.12. The SMILES string of the molecule is Cc1nc(Cl)nc(N(C)Cc2cccc(Cl)c2)c1N. The number of hydrogen-bond acceptors (Lipinski definition) is 4. The van der Waals surface area contributed by atoms with Crippen LogP contribution >= 0.6 is 23.2 Å². The van der Waals surface area contributed by atoms with E-state index in [2.05, 4.69) is 9.97 Å². The molecule has 6 heteroatoms. The van der Waals surface area contributed by atoms with E-state index in [0.29, 0.717) is 28.8 Å². The Hall–Kier alpha value is -1.52. The maximum atomic E-state index is 5.98. The summed E-state index contributed by atoms with van der Waals surface area (Å²) in [6.07, 6.45) is 0. The van der Waals surface area contributed by atoms with Crippen LogP contribution in [0.3, 0.4) is 0 Å². The van der Waals surface area contributed by atoms with Gasteiger partial charge in [0.2, 0.25) is 5.28 Å². The van der Waals surface area contributed by atoms with Crippen LogP contribution in [-0.4, -0.2) is 17.0 Å². The lowest BCUT2D eigenvalue weighted by atomic mass is 10.2. The lowest BCUT2D eigenvalue weighted by molar-refractivity contribution is 0.889. The van der Waals surface area contributed by atoms with Crippen LogP contribution in [-0.2, 0) is 6.54 Å². The van der Waals surface area contributed by atoms with E-state index in [0.717, 1.165) is 5.56 Å². The molecule has 0 aliphatic heterocycles. The summed E-state index contributed by atoms with van der Waals surface area (Å²) in [6.45, 7) is 2.44. The van der Waals surface area contributed by atoms with E-state index in [1.807, 2.05) is 36.2 Å². The summed E-state index contributed by atoms with van der Waals surface area (Å²) in [7, 11) is 1.90. The third-order valence-electron chi connectivity index (χ3n) is 2.76. The van der Waals surface area contributed by atoms with E-state index < -0.39 is 0 Å². The Bertz CT molecular complexity index is 601. The Balaban J connectivity index is 2.27. The van der Waals surface area contributed by atoms with Gasteiger partial charge in [-0.3, -0.25) is 0 Å². The number of aryl methyl sites for hydroxylation is 1. The average molecular weight is 297 g/mol. The van der Waals surface area contributed by atoms with Crippen LogP contribution in [0.15, 0.2) is 24.3 Å². The number of rotatable bonds is 3. The number of nitrogens with two attached hydrogens (primary N) is 1. The van der Waals surface area contributed by atoms with Crippen molar-refractivity contribution in [2.45, 2.75) is 13.5 Å². The van der Waals surface area contributed by atoms with Crippen LogP contribution in [0.4, 0.5) is 11.5 Å². The predicted molar refractivity (Wildman–Crippen MR) is 79.8 cm³/mol. The standard InChI is InChI=1S/C13H14Cl2N4/c1-8-11(16)12(18-13(15)17-8)19(2)7-9-4-3-5-10(14)6-9/h3-6H,7,16H2,1-2H3. The first kappa shape index (κ1) is 13.9. The first-order valence-electron chi connectivity index (χ1n) is 5.72. The largest absolute Gasteiger partial charge is 0.394 e. The van der Waals surface area contributed by atoms with Gasteiger partial charge in [0.1, 0.15) is 0 Å². The molecule has 1 aromatic heterocycles. The van der Waals surface area contributed by atoms with Crippen LogP contribution in [0.25, 0.3) is 0 Å². The summed E-state index contributed by atoms with van der Waals surface area (Å²) < 4.78 is 0. The van der Waals surface area contributed by atoms with Crippen molar-refractivity contribution in [1.82, 2.24) is 9.97 Å². The van der Waals surface area contributed by atoms with Gasteiger partial charge < -0.3 is 10.6 Å². The fourth-order valence-electron chi connectivity index (χ4n) is 1.81. The van der Waals surface area contributed by atoms with Gasteiger partial charge in [0.15, 0.2) is 5.82 Å². The van der Waals surface area contributed by atoms with Gasteiger partial charge in [0, 0.05) is 18.6 Å². The van der Waals surface area contributed by atoms with Crippen LogP contribution in [0.2, 0.25) is 10.3 Å². The lowest BCUT2D eigenvalue weighted by Gasteiger charge is -2.20. The molecule has 0 fully saturated rings. The number of nitrogens with zero attached hydrogens (tertiary/aromatic N) is 3. The first-order chi connectivity index (χ1) is 8.97. The molecule has 0 amide bonds. The van der Waals surface area contributed by atoms with Crippen molar-refractivity contribution >= 4 is 34.7 Å². The van der Waals surface area contributed by atoms with Gasteiger partial charge in [0.05, 0.1) is 11.4 Å². The molecule has 1 heterocycles. The molecule has 2 N–H and O–H groups in total. The van der Waals surface area contributed by atoms with Gasteiger partial charge >= 0.3 is 0 Å². The normalized spacial score (nSPS) is 10.5. The van der Waals surface area contributed by atoms with E-state index in [4.69, 9.17) is 28.9 Å². The molecule has 0 unspecified atom stereocenters. The van der Waals surface area contributed by atoms with Crippen LogP contribution in [0.1, 0.15) is 11.3 Å². The third-order valence-corrected chi connectivity index (χ3v) is 3.16. The summed E-state index contributed by atoms with van der Waals surface area (Å²) in [4.78, 5) is 10.1. The lowest BCUT2D eigenvalue weighted by Crippen LogP contribution is -2.20. The molecule has 0 aliphatic carbocycles. The van der Waals surface area contributed by atoms with Crippen molar-refractivity contribution in [3.8, 4) is 0 Å².